The van der Waals surface area contributed by atoms with Crippen molar-refractivity contribution in [1.29, 1.82) is 0 Å². The molecule has 0 heterocycles. The minimum absolute atomic E-state index is 0.200. The molecule has 4 aliphatic rings. The molecule has 164 valence electrons. The summed E-state index contributed by atoms with van der Waals surface area (Å²) in [6.07, 6.45) is 9.40. The van der Waals surface area contributed by atoms with Crippen LogP contribution < -0.4 is 0 Å². The molecule has 0 amide bonds. The molecule has 0 bridgehead atoms. The van der Waals surface area contributed by atoms with Crippen molar-refractivity contribution in [3.8, 4) is 0 Å². The lowest BCUT2D eigenvalue weighted by atomic mass is 9.51. The first kappa shape index (κ1) is 21.0. The van der Waals surface area contributed by atoms with Gasteiger partial charge in [-0.3, -0.25) is 4.79 Å². The van der Waals surface area contributed by atoms with E-state index in [4.69, 9.17) is 16.8 Å². The van der Waals surface area contributed by atoms with Gasteiger partial charge in [0.25, 0.3) is 0 Å². The van der Waals surface area contributed by atoms with Crippen molar-refractivity contribution in [2.45, 2.75) is 63.4 Å². The number of fused-ring (bicyclic) bond motifs is 4. The molecule has 4 aliphatic carbocycles. The lowest BCUT2D eigenvalue weighted by Crippen LogP contribution is -2.52. The highest BCUT2D eigenvalue weighted by atomic mass is 35.5. The average Bonchev–Trinajstić information content (AvgIpc) is 3.04. The van der Waals surface area contributed by atoms with Gasteiger partial charge in [0.05, 0.1) is 17.7 Å². The fourth-order valence-corrected chi connectivity index (χ4v) is 7.59. The Labute approximate surface area is 188 Å². The van der Waals surface area contributed by atoms with E-state index in [-0.39, 0.29) is 23.0 Å². The third-order valence-electron chi connectivity index (χ3n) is 8.82. The molecule has 0 unspecified atom stereocenters. The van der Waals surface area contributed by atoms with Gasteiger partial charge in [-0.05, 0) is 78.7 Å². The van der Waals surface area contributed by atoms with E-state index in [1.165, 1.54) is 28.5 Å². The number of carbonyl (C=O) groups excluding carboxylic acids is 1. The zero-order valence-electron chi connectivity index (χ0n) is 18.0. The van der Waals surface area contributed by atoms with Gasteiger partial charge in [-0.25, -0.2) is 0 Å². The van der Waals surface area contributed by atoms with Gasteiger partial charge >= 0.3 is 0 Å². The van der Waals surface area contributed by atoms with Gasteiger partial charge < -0.3 is 10.3 Å². The Morgan fingerprint density at radius 2 is 1.97 bits per heavy atom. The molecule has 5 heteroatoms. The Balaban J connectivity index is 1.66. The average molecular weight is 440 g/mol. The van der Waals surface area contributed by atoms with Crippen molar-refractivity contribution < 1.29 is 15.1 Å². The van der Waals surface area contributed by atoms with Crippen LogP contribution in [0.15, 0.2) is 52.2 Å². The molecule has 1 aromatic rings. The van der Waals surface area contributed by atoms with Gasteiger partial charge in [0.2, 0.25) is 0 Å². The maximum Gasteiger partial charge on any atom is 0.156 e. The van der Waals surface area contributed by atoms with Crippen molar-refractivity contribution in [2.75, 3.05) is 5.88 Å². The molecule has 2 N–H and O–H groups in total. The summed E-state index contributed by atoms with van der Waals surface area (Å²) < 4.78 is 0. The van der Waals surface area contributed by atoms with E-state index in [9.17, 15) is 9.90 Å². The van der Waals surface area contributed by atoms with E-state index in [1.54, 1.807) is 0 Å². The summed E-state index contributed by atoms with van der Waals surface area (Å²) in [4.78, 5) is 12.1. The molecule has 0 saturated heterocycles. The van der Waals surface area contributed by atoms with Gasteiger partial charge in [0.15, 0.2) is 5.78 Å². The predicted octanol–water partition coefficient (Wildman–Crippen LogP) is 5.36. The normalized spacial score (nSPS) is 37.5. The Kier molecular flexibility index (Phi) is 5.14. The van der Waals surface area contributed by atoms with Crippen molar-refractivity contribution in [3.05, 3.63) is 58.2 Å². The first-order valence-corrected chi connectivity index (χ1v) is 12.0. The van der Waals surface area contributed by atoms with E-state index in [0.29, 0.717) is 18.3 Å². The molecule has 4 nitrogen and oxygen atoms in total. The second-order valence-electron chi connectivity index (χ2n) is 10.1. The van der Waals surface area contributed by atoms with Gasteiger partial charge in [0, 0.05) is 17.8 Å². The molecule has 2 saturated carbocycles. The Morgan fingerprint density at radius 3 is 2.68 bits per heavy atom. The molecule has 0 spiro atoms. The van der Waals surface area contributed by atoms with Gasteiger partial charge in [0.1, 0.15) is 0 Å². The number of allylic oxidation sites excluding steroid dienone is 4. The van der Waals surface area contributed by atoms with Crippen LogP contribution in [0.1, 0.15) is 68.9 Å². The highest BCUT2D eigenvalue weighted by Crippen LogP contribution is 2.66. The van der Waals surface area contributed by atoms with Crippen LogP contribution in [0.2, 0.25) is 0 Å². The van der Waals surface area contributed by atoms with Crippen LogP contribution in [0, 0.1) is 17.3 Å². The van der Waals surface area contributed by atoms with Crippen molar-refractivity contribution >= 4 is 23.6 Å². The van der Waals surface area contributed by atoms with E-state index >= 15 is 0 Å². The zero-order valence-corrected chi connectivity index (χ0v) is 18.7. The number of alkyl halides is 1. The Hall–Kier alpha value is -1.91. The maximum absolute atomic E-state index is 12.1. The summed E-state index contributed by atoms with van der Waals surface area (Å²) in [7, 11) is 0. The van der Waals surface area contributed by atoms with E-state index in [0.717, 1.165) is 44.1 Å². The molecule has 0 aromatic heterocycles. The van der Waals surface area contributed by atoms with Crippen LogP contribution in [0.5, 0.6) is 0 Å². The third-order valence-corrected chi connectivity index (χ3v) is 9.27. The largest absolute Gasteiger partial charge is 0.411 e. The molecule has 0 radical (unpaired) electrons. The molecule has 0 aliphatic heterocycles. The molecule has 2 fully saturated rings. The lowest BCUT2D eigenvalue weighted by Gasteiger charge is -2.54. The van der Waals surface area contributed by atoms with Gasteiger partial charge in [-0.2, -0.15) is 0 Å². The summed E-state index contributed by atoms with van der Waals surface area (Å²) in [5.74, 6) is 1.58. The molecule has 1 aromatic carbocycles. The van der Waals surface area contributed by atoms with Crippen LogP contribution in [0.25, 0.3) is 0 Å². The monoisotopic (exact) mass is 439 g/mol. The molecular formula is C26H30ClNO3. The first-order valence-electron chi connectivity index (χ1n) is 11.4. The fourth-order valence-electron chi connectivity index (χ4n) is 7.15. The smallest absolute Gasteiger partial charge is 0.156 e. The highest BCUT2D eigenvalue weighted by Gasteiger charge is 2.62. The molecule has 5 rings (SSSR count). The lowest BCUT2D eigenvalue weighted by molar-refractivity contribution is -0.114. The number of hydrogen-bond acceptors (Lipinski definition) is 4. The van der Waals surface area contributed by atoms with Gasteiger partial charge in [-0.1, -0.05) is 41.9 Å². The summed E-state index contributed by atoms with van der Waals surface area (Å²) in [6, 6.07) is 8.21. The number of hydrogen-bond donors (Lipinski definition) is 2. The number of carbonyl (C=O) groups is 1. The quantitative estimate of drug-likeness (QED) is 0.288. The van der Waals surface area contributed by atoms with Crippen LogP contribution in [-0.2, 0) is 4.79 Å². The SMILES string of the molecule is C[C@]12C[C@H](c3ccc(/C=N\O)cc3)C3=C4CCC(=O)C=C4CC[C@H]3[C@@H]1CC[C@@]2(O)CCl. The molecular weight excluding hydrogens is 410 g/mol. The summed E-state index contributed by atoms with van der Waals surface area (Å²) in [5.41, 5.74) is 5.17. The Morgan fingerprint density at radius 1 is 1.19 bits per heavy atom. The topological polar surface area (TPSA) is 69.9 Å². The summed E-state index contributed by atoms with van der Waals surface area (Å²) >= 11 is 6.36. The van der Waals surface area contributed by atoms with Gasteiger partial charge in [-0.15, -0.1) is 11.6 Å². The number of nitrogens with zero attached hydrogens (tertiary/aromatic N) is 1. The Bertz CT molecular complexity index is 994. The van der Waals surface area contributed by atoms with Crippen LogP contribution in [0.4, 0.5) is 0 Å². The first-order chi connectivity index (χ1) is 14.9. The van der Waals surface area contributed by atoms with Crippen LogP contribution in [0.3, 0.4) is 0 Å². The standard InChI is InChI=1S/C26H30ClNO3/c1-25-13-22(17-4-2-16(3-5-17)14-28-31)24-20-9-7-19(29)12-18(20)6-8-21(24)23(25)10-11-26(25,30)15-27/h2-5,12,14,21-23,30-31H,6-11,13,15H2,1H3/b28-14-/t21-,22+,23-,25-,26+/m0/s1. The second-order valence-corrected chi connectivity index (χ2v) is 10.4. The number of benzene rings is 1. The van der Waals surface area contributed by atoms with Crippen LogP contribution >= 0.6 is 11.6 Å². The van der Waals surface area contributed by atoms with E-state index in [2.05, 4.69) is 24.2 Å². The maximum atomic E-state index is 12.1. The van der Waals surface area contributed by atoms with E-state index < -0.39 is 5.60 Å². The number of rotatable bonds is 3. The van der Waals surface area contributed by atoms with Crippen LogP contribution in [-0.4, -0.2) is 33.8 Å². The van der Waals surface area contributed by atoms with Crippen molar-refractivity contribution in [3.63, 3.8) is 0 Å². The van der Waals surface area contributed by atoms with Crippen molar-refractivity contribution in [2.24, 2.45) is 22.4 Å². The third kappa shape index (κ3) is 3.14. The van der Waals surface area contributed by atoms with Crippen molar-refractivity contribution in [1.82, 2.24) is 0 Å². The minimum Gasteiger partial charge on any atom is -0.411 e. The second kappa shape index (κ2) is 7.60. The predicted molar refractivity (Wildman–Crippen MR) is 122 cm³/mol. The molecule has 5 atom stereocenters. The summed E-state index contributed by atoms with van der Waals surface area (Å²) in [6.45, 7) is 2.25. The van der Waals surface area contributed by atoms with E-state index in [1.807, 2.05) is 18.2 Å². The number of aliphatic hydroxyl groups is 1. The zero-order chi connectivity index (χ0) is 21.8. The highest BCUT2D eigenvalue weighted by molar-refractivity contribution is 6.18. The molecule has 31 heavy (non-hydrogen) atoms. The number of oxime groups is 1. The summed E-state index contributed by atoms with van der Waals surface area (Å²) in [5, 5.41) is 23.5. The number of halogens is 1. The number of ketones is 1. The minimum atomic E-state index is -0.837. The fraction of sp³-hybridized carbons (Fsp3) is 0.538.